The zero-order chi connectivity index (χ0) is 14.3. The van der Waals surface area contributed by atoms with Gasteiger partial charge >= 0.3 is 5.97 Å². The second-order valence-corrected chi connectivity index (χ2v) is 6.17. The Balaban J connectivity index is 2.24. The summed E-state index contributed by atoms with van der Waals surface area (Å²) >= 11 is 0. The van der Waals surface area contributed by atoms with Crippen LogP contribution in [0.3, 0.4) is 0 Å². The van der Waals surface area contributed by atoms with Gasteiger partial charge < -0.3 is 9.67 Å². The monoisotopic (exact) mass is 271 g/mol. The molecule has 0 spiro atoms. The van der Waals surface area contributed by atoms with Crippen LogP contribution in [0.5, 0.6) is 0 Å². The van der Waals surface area contributed by atoms with Crippen molar-refractivity contribution in [2.45, 2.75) is 46.1 Å². The molecule has 0 unspecified atom stereocenters. The number of carboxylic acids is 1. The molecule has 20 heavy (non-hydrogen) atoms. The summed E-state index contributed by atoms with van der Waals surface area (Å²) in [4.78, 5) is 11.2. The maximum atomic E-state index is 11.2. The molecule has 1 aromatic carbocycles. The predicted molar refractivity (Wildman–Crippen MR) is 80.4 cm³/mol. The number of aromatic nitrogens is 1. The molecule has 3 nitrogen and oxygen atoms in total. The van der Waals surface area contributed by atoms with Crippen LogP contribution in [0.25, 0.3) is 10.9 Å². The maximum absolute atomic E-state index is 11.2. The van der Waals surface area contributed by atoms with E-state index in [0.29, 0.717) is 11.5 Å². The number of carboxylic acid groups (broad SMARTS) is 1. The van der Waals surface area contributed by atoms with Crippen LogP contribution in [0.2, 0.25) is 0 Å². The van der Waals surface area contributed by atoms with Gasteiger partial charge in [0.05, 0.1) is 5.56 Å². The Morgan fingerprint density at radius 1 is 1.30 bits per heavy atom. The van der Waals surface area contributed by atoms with Gasteiger partial charge in [0.25, 0.3) is 0 Å². The number of hydrogen-bond acceptors (Lipinski definition) is 1. The number of hydrogen-bond donors (Lipinski definition) is 1. The summed E-state index contributed by atoms with van der Waals surface area (Å²) in [6.07, 6.45) is 4.66. The minimum absolute atomic E-state index is 0.396. The first kappa shape index (κ1) is 13.2. The molecule has 3 rings (SSSR count). The topological polar surface area (TPSA) is 42.2 Å². The predicted octanol–water partition coefficient (Wildman–Crippen LogP) is 3.87. The normalized spacial score (nSPS) is 14.8. The van der Waals surface area contributed by atoms with Crippen molar-refractivity contribution in [3.05, 3.63) is 35.0 Å². The SMILES string of the molecule is CC(C)Cn1c2c(c3cc(C(=O)O)ccc31)CCCC2. The molecule has 0 bridgehead atoms. The largest absolute Gasteiger partial charge is 0.478 e. The van der Waals surface area contributed by atoms with Crippen molar-refractivity contribution >= 4 is 16.9 Å². The highest BCUT2D eigenvalue weighted by Gasteiger charge is 2.21. The molecule has 0 radical (unpaired) electrons. The molecule has 0 saturated carbocycles. The highest BCUT2D eigenvalue weighted by molar-refractivity contribution is 5.95. The summed E-state index contributed by atoms with van der Waals surface area (Å²) in [6, 6.07) is 5.57. The van der Waals surface area contributed by atoms with Crippen LogP contribution >= 0.6 is 0 Å². The van der Waals surface area contributed by atoms with Crippen LogP contribution in [0.4, 0.5) is 0 Å². The Hall–Kier alpha value is -1.77. The third kappa shape index (κ3) is 2.11. The van der Waals surface area contributed by atoms with Crippen molar-refractivity contribution in [2.24, 2.45) is 5.92 Å². The van der Waals surface area contributed by atoms with E-state index in [0.717, 1.165) is 24.8 Å². The van der Waals surface area contributed by atoms with Crippen molar-refractivity contribution in [2.75, 3.05) is 0 Å². The quantitative estimate of drug-likeness (QED) is 0.920. The van der Waals surface area contributed by atoms with Crippen molar-refractivity contribution in [1.29, 1.82) is 0 Å². The fraction of sp³-hybridized carbons (Fsp3) is 0.471. The third-order valence-corrected chi connectivity index (χ3v) is 4.17. The molecular weight excluding hydrogens is 250 g/mol. The van der Waals surface area contributed by atoms with Gasteiger partial charge in [-0.05, 0) is 55.4 Å². The number of aromatic carboxylic acids is 1. The van der Waals surface area contributed by atoms with Gasteiger partial charge in [-0.1, -0.05) is 13.8 Å². The zero-order valence-corrected chi connectivity index (χ0v) is 12.1. The van der Waals surface area contributed by atoms with Gasteiger partial charge in [0.2, 0.25) is 0 Å². The van der Waals surface area contributed by atoms with E-state index in [1.807, 2.05) is 12.1 Å². The van der Waals surface area contributed by atoms with Gasteiger partial charge in [0, 0.05) is 23.1 Å². The Labute approximate surface area is 119 Å². The van der Waals surface area contributed by atoms with Crippen molar-refractivity contribution in [3.8, 4) is 0 Å². The van der Waals surface area contributed by atoms with E-state index in [9.17, 15) is 9.90 Å². The molecule has 106 valence electrons. The summed E-state index contributed by atoms with van der Waals surface area (Å²) in [5.74, 6) is -0.246. The number of nitrogens with zero attached hydrogens (tertiary/aromatic N) is 1. The van der Waals surface area contributed by atoms with E-state index >= 15 is 0 Å². The third-order valence-electron chi connectivity index (χ3n) is 4.17. The summed E-state index contributed by atoms with van der Waals surface area (Å²) in [5, 5.41) is 10.3. The summed E-state index contributed by atoms with van der Waals surface area (Å²) < 4.78 is 2.42. The molecule has 0 amide bonds. The molecule has 1 N–H and O–H groups in total. The summed E-state index contributed by atoms with van der Waals surface area (Å²) in [7, 11) is 0. The fourth-order valence-electron chi connectivity index (χ4n) is 3.34. The molecule has 1 heterocycles. The van der Waals surface area contributed by atoms with E-state index in [1.54, 1.807) is 6.07 Å². The number of rotatable bonds is 3. The molecule has 0 fully saturated rings. The summed E-state index contributed by atoms with van der Waals surface area (Å²) in [5.41, 5.74) is 4.42. The Kier molecular flexibility index (Phi) is 3.28. The first-order chi connectivity index (χ1) is 9.58. The van der Waals surface area contributed by atoms with Gasteiger partial charge in [0.1, 0.15) is 0 Å². The van der Waals surface area contributed by atoms with E-state index in [-0.39, 0.29) is 0 Å². The Bertz CT molecular complexity index is 667. The minimum Gasteiger partial charge on any atom is -0.478 e. The van der Waals surface area contributed by atoms with E-state index in [4.69, 9.17) is 0 Å². The van der Waals surface area contributed by atoms with Gasteiger partial charge in [0.15, 0.2) is 0 Å². The first-order valence-electron chi connectivity index (χ1n) is 7.45. The van der Waals surface area contributed by atoms with Crippen LogP contribution in [0, 0.1) is 5.92 Å². The van der Waals surface area contributed by atoms with Crippen molar-refractivity contribution in [1.82, 2.24) is 4.57 Å². The van der Waals surface area contributed by atoms with E-state index in [2.05, 4.69) is 18.4 Å². The lowest BCUT2D eigenvalue weighted by atomic mass is 9.95. The summed E-state index contributed by atoms with van der Waals surface area (Å²) in [6.45, 7) is 5.47. The molecule has 1 aliphatic rings. The van der Waals surface area contributed by atoms with Gasteiger partial charge in [-0.15, -0.1) is 0 Å². The average molecular weight is 271 g/mol. The van der Waals surface area contributed by atoms with Crippen LogP contribution in [0.1, 0.15) is 48.3 Å². The standard InChI is InChI=1S/C17H21NO2/c1-11(2)10-18-15-6-4-3-5-13(15)14-9-12(17(19)20)7-8-16(14)18/h7-9,11H,3-6,10H2,1-2H3,(H,19,20). The number of carbonyl (C=O) groups is 1. The zero-order valence-electron chi connectivity index (χ0n) is 12.1. The number of aryl methyl sites for hydroxylation is 1. The molecule has 3 heteroatoms. The second-order valence-electron chi connectivity index (χ2n) is 6.17. The molecular formula is C17H21NO2. The highest BCUT2D eigenvalue weighted by atomic mass is 16.4. The smallest absolute Gasteiger partial charge is 0.335 e. The molecule has 1 aromatic heterocycles. The van der Waals surface area contributed by atoms with Gasteiger partial charge in [-0.2, -0.15) is 0 Å². The fourth-order valence-corrected chi connectivity index (χ4v) is 3.34. The van der Waals surface area contributed by atoms with E-state index < -0.39 is 5.97 Å². The Morgan fingerprint density at radius 2 is 2.05 bits per heavy atom. The van der Waals surface area contributed by atoms with Crippen LogP contribution in [0.15, 0.2) is 18.2 Å². The molecule has 0 saturated heterocycles. The average Bonchev–Trinajstić information content (AvgIpc) is 2.73. The lowest BCUT2D eigenvalue weighted by Gasteiger charge is -2.17. The number of benzene rings is 1. The van der Waals surface area contributed by atoms with Crippen LogP contribution in [-0.2, 0) is 19.4 Å². The van der Waals surface area contributed by atoms with Gasteiger partial charge in [-0.3, -0.25) is 0 Å². The number of fused-ring (bicyclic) bond motifs is 3. The lowest BCUT2D eigenvalue weighted by molar-refractivity contribution is 0.0697. The molecule has 0 aliphatic heterocycles. The maximum Gasteiger partial charge on any atom is 0.335 e. The minimum atomic E-state index is -0.840. The van der Waals surface area contributed by atoms with E-state index in [1.165, 1.54) is 29.6 Å². The molecule has 2 aromatic rings. The molecule has 1 aliphatic carbocycles. The first-order valence-corrected chi connectivity index (χ1v) is 7.45. The van der Waals surface area contributed by atoms with Crippen molar-refractivity contribution in [3.63, 3.8) is 0 Å². The lowest BCUT2D eigenvalue weighted by Crippen LogP contribution is -2.11. The highest BCUT2D eigenvalue weighted by Crippen LogP contribution is 2.33. The van der Waals surface area contributed by atoms with Crippen LogP contribution < -0.4 is 0 Å². The Morgan fingerprint density at radius 3 is 2.75 bits per heavy atom. The van der Waals surface area contributed by atoms with Crippen molar-refractivity contribution < 1.29 is 9.90 Å². The second kappa shape index (κ2) is 4.97. The van der Waals surface area contributed by atoms with Crippen LogP contribution in [-0.4, -0.2) is 15.6 Å². The van der Waals surface area contributed by atoms with Gasteiger partial charge in [-0.25, -0.2) is 4.79 Å². The molecule has 0 atom stereocenters.